The van der Waals surface area contributed by atoms with Crippen LogP contribution < -0.4 is 4.74 Å². The lowest BCUT2D eigenvalue weighted by atomic mass is 10.2. The number of benzene rings is 2. The maximum absolute atomic E-state index is 12.2. The third-order valence-electron chi connectivity index (χ3n) is 2.86. The molecule has 0 radical (unpaired) electrons. The molecular formula is C16H16F2O2S. The fourth-order valence-corrected chi connectivity index (χ4v) is 3.24. The third-order valence-corrected chi connectivity index (χ3v) is 4.17. The number of ether oxygens (including phenoxy) is 1. The van der Waals surface area contributed by atoms with E-state index in [1.165, 1.54) is 12.1 Å². The maximum atomic E-state index is 12.2. The standard InChI is InChI=1S/C16H16F2O2S/c1-12-4-2-5-13(8-12)10-21(19)11-14-6-3-7-15(9-14)20-16(17)18/h2-9,16H,10-11H2,1H3/t21-/m0/s1. The predicted octanol–water partition coefficient (Wildman–Crippen LogP) is 4.05. The normalized spacial score (nSPS) is 12.4. The maximum Gasteiger partial charge on any atom is 0.387 e. The SMILES string of the molecule is Cc1cccc(C[S@](=O)Cc2cccc(OC(F)F)c2)c1. The van der Waals surface area contributed by atoms with Gasteiger partial charge in [0.2, 0.25) is 0 Å². The van der Waals surface area contributed by atoms with Crippen LogP contribution >= 0.6 is 0 Å². The molecule has 0 aliphatic heterocycles. The zero-order valence-corrected chi connectivity index (χ0v) is 12.4. The van der Waals surface area contributed by atoms with E-state index in [1.54, 1.807) is 12.1 Å². The largest absolute Gasteiger partial charge is 0.435 e. The lowest BCUT2D eigenvalue weighted by molar-refractivity contribution is -0.0498. The second-order valence-electron chi connectivity index (χ2n) is 4.74. The molecule has 2 nitrogen and oxygen atoms in total. The third kappa shape index (κ3) is 5.27. The topological polar surface area (TPSA) is 26.3 Å². The van der Waals surface area contributed by atoms with Crippen LogP contribution in [0, 0.1) is 6.92 Å². The molecule has 0 aliphatic carbocycles. The molecule has 0 spiro atoms. The Labute approximate surface area is 125 Å². The summed E-state index contributed by atoms with van der Waals surface area (Å²) in [5, 5.41) is 0. The Hall–Kier alpha value is -1.75. The van der Waals surface area contributed by atoms with Gasteiger partial charge >= 0.3 is 6.61 Å². The van der Waals surface area contributed by atoms with E-state index in [4.69, 9.17) is 0 Å². The zero-order chi connectivity index (χ0) is 15.2. The molecule has 0 saturated carbocycles. The van der Waals surface area contributed by atoms with Crippen LogP contribution in [0.15, 0.2) is 48.5 Å². The molecule has 2 aromatic rings. The molecule has 0 aromatic heterocycles. The van der Waals surface area contributed by atoms with E-state index in [0.29, 0.717) is 11.5 Å². The minimum atomic E-state index is -2.85. The molecule has 112 valence electrons. The fourth-order valence-electron chi connectivity index (χ4n) is 2.04. The molecule has 2 rings (SSSR count). The Morgan fingerprint density at radius 1 is 1.05 bits per heavy atom. The van der Waals surface area contributed by atoms with Crippen LogP contribution in [0.4, 0.5) is 8.78 Å². The summed E-state index contributed by atoms with van der Waals surface area (Å²) in [5.41, 5.74) is 2.85. The lowest BCUT2D eigenvalue weighted by Crippen LogP contribution is -2.03. The highest BCUT2D eigenvalue weighted by atomic mass is 32.2. The van der Waals surface area contributed by atoms with Crippen LogP contribution in [-0.4, -0.2) is 10.8 Å². The van der Waals surface area contributed by atoms with Crippen molar-refractivity contribution in [3.63, 3.8) is 0 Å². The lowest BCUT2D eigenvalue weighted by Gasteiger charge is -2.07. The van der Waals surface area contributed by atoms with Crippen molar-refractivity contribution < 1.29 is 17.7 Å². The van der Waals surface area contributed by atoms with Gasteiger partial charge in [0, 0.05) is 22.3 Å². The quantitative estimate of drug-likeness (QED) is 0.805. The van der Waals surface area contributed by atoms with Crippen molar-refractivity contribution in [3.8, 4) is 5.75 Å². The molecule has 0 N–H and O–H groups in total. The molecule has 0 fully saturated rings. The van der Waals surface area contributed by atoms with Gasteiger partial charge < -0.3 is 4.74 Å². The number of hydrogen-bond acceptors (Lipinski definition) is 2. The van der Waals surface area contributed by atoms with Gasteiger partial charge in [-0.2, -0.15) is 8.78 Å². The van der Waals surface area contributed by atoms with E-state index >= 15 is 0 Å². The first-order chi connectivity index (χ1) is 10.0. The summed E-state index contributed by atoms with van der Waals surface area (Å²) < 4.78 is 40.8. The van der Waals surface area contributed by atoms with Crippen LogP contribution in [0.5, 0.6) is 5.75 Å². The summed E-state index contributed by atoms with van der Waals surface area (Å²) in [7, 11) is -1.09. The molecule has 0 heterocycles. The Balaban J connectivity index is 1.99. The van der Waals surface area contributed by atoms with Gasteiger partial charge in [-0.25, -0.2) is 0 Å². The van der Waals surface area contributed by atoms with E-state index in [9.17, 15) is 13.0 Å². The van der Waals surface area contributed by atoms with Crippen molar-refractivity contribution in [2.45, 2.75) is 25.0 Å². The molecule has 5 heteroatoms. The second kappa shape index (κ2) is 7.31. The first-order valence-electron chi connectivity index (χ1n) is 6.47. The molecule has 0 saturated heterocycles. The van der Waals surface area contributed by atoms with Gasteiger partial charge in [-0.1, -0.05) is 42.0 Å². The van der Waals surface area contributed by atoms with Crippen LogP contribution in [0.1, 0.15) is 16.7 Å². The first kappa shape index (κ1) is 15.6. The summed E-state index contributed by atoms with van der Waals surface area (Å²) in [6.45, 7) is -0.865. The van der Waals surface area contributed by atoms with E-state index in [0.717, 1.165) is 16.7 Å². The van der Waals surface area contributed by atoms with E-state index in [2.05, 4.69) is 4.74 Å². The predicted molar refractivity (Wildman–Crippen MR) is 79.8 cm³/mol. The molecule has 0 unspecified atom stereocenters. The summed E-state index contributed by atoms with van der Waals surface area (Å²) in [4.78, 5) is 0. The van der Waals surface area contributed by atoms with E-state index in [1.807, 2.05) is 31.2 Å². The van der Waals surface area contributed by atoms with Crippen molar-refractivity contribution in [1.82, 2.24) is 0 Å². The van der Waals surface area contributed by atoms with Gasteiger partial charge in [0.1, 0.15) is 5.75 Å². The summed E-state index contributed by atoms with van der Waals surface area (Å²) in [5.74, 6) is 0.853. The molecule has 2 aromatic carbocycles. The van der Waals surface area contributed by atoms with Crippen LogP contribution in [0.2, 0.25) is 0 Å². The monoisotopic (exact) mass is 310 g/mol. The van der Waals surface area contributed by atoms with Gasteiger partial charge in [-0.05, 0) is 30.2 Å². The van der Waals surface area contributed by atoms with E-state index < -0.39 is 17.4 Å². The van der Waals surface area contributed by atoms with Crippen molar-refractivity contribution in [2.24, 2.45) is 0 Å². The number of alkyl halides is 2. The highest BCUT2D eigenvalue weighted by molar-refractivity contribution is 7.83. The molecule has 0 amide bonds. The van der Waals surface area contributed by atoms with Crippen molar-refractivity contribution in [1.29, 1.82) is 0 Å². The second-order valence-corrected chi connectivity index (χ2v) is 6.20. The van der Waals surface area contributed by atoms with Crippen molar-refractivity contribution in [2.75, 3.05) is 0 Å². The number of halogens is 2. The van der Waals surface area contributed by atoms with Crippen LogP contribution in [-0.2, 0) is 22.3 Å². The van der Waals surface area contributed by atoms with Gasteiger partial charge in [-0.15, -0.1) is 0 Å². The molecular weight excluding hydrogens is 294 g/mol. The Morgan fingerprint density at radius 2 is 1.67 bits per heavy atom. The zero-order valence-electron chi connectivity index (χ0n) is 11.6. The smallest absolute Gasteiger partial charge is 0.387 e. The Bertz CT molecular complexity index is 629. The van der Waals surface area contributed by atoms with Gasteiger partial charge in [0.15, 0.2) is 0 Å². The molecule has 0 aliphatic rings. The Kier molecular flexibility index (Phi) is 5.44. The molecule has 0 bridgehead atoms. The minimum absolute atomic E-state index is 0.0926. The van der Waals surface area contributed by atoms with Crippen LogP contribution in [0.3, 0.4) is 0 Å². The van der Waals surface area contributed by atoms with Gasteiger partial charge in [0.05, 0.1) is 0 Å². The first-order valence-corrected chi connectivity index (χ1v) is 7.96. The molecule has 1 atom stereocenters. The van der Waals surface area contributed by atoms with Gasteiger partial charge in [-0.3, -0.25) is 4.21 Å². The van der Waals surface area contributed by atoms with Crippen LogP contribution in [0.25, 0.3) is 0 Å². The summed E-state index contributed by atoms with van der Waals surface area (Å²) in [6.07, 6.45) is 0. The van der Waals surface area contributed by atoms with Crippen molar-refractivity contribution in [3.05, 3.63) is 65.2 Å². The number of rotatable bonds is 6. The minimum Gasteiger partial charge on any atom is -0.435 e. The van der Waals surface area contributed by atoms with Gasteiger partial charge in [0.25, 0.3) is 0 Å². The average molecular weight is 310 g/mol. The Morgan fingerprint density at radius 3 is 2.29 bits per heavy atom. The fraction of sp³-hybridized carbons (Fsp3) is 0.250. The number of hydrogen-bond donors (Lipinski definition) is 0. The summed E-state index contributed by atoms with van der Waals surface area (Å²) >= 11 is 0. The van der Waals surface area contributed by atoms with Crippen molar-refractivity contribution >= 4 is 10.8 Å². The number of aryl methyl sites for hydroxylation is 1. The molecule has 21 heavy (non-hydrogen) atoms. The average Bonchev–Trinajstić information content (AvgIpc) is 2.37. The van der Waals surface area contributed by atoms with E-state index in [-0.39, 0.29) is 5.75 Å². The highest BCUT2D eigenvalue weighted by Gasteiger charge is 2.07. The highest BCUT2D eigenvalue weighted by Crippen LogP contribution is 2.18. The summed E-state index contributed by atoms with van der Waals surface area (Å²) in [6, 6.07) is 14.2.